The first-order chi connectivity index (χ1) is 9.55. The predicted molar refractivity (Wildman–Crippen MR) is 92.0 cm³/mol. The molecule has 0 radical (unpaired) electrons. The summed E-state index contributed by atoms with van der Waals surface area (Å²) >= 11 is 0. The van der Waals surface area contributed by atoms with Gasteiger partial charge in [-0.2, -0.15) is 0 Å². The van der Waals surface area contributed by atoms with Gasteiger partial charge in [0.15, 0.2) is 0 Å². The Bertz CT molecular complexity index is 533. The van der Waals surface area contributed by atoms with Gasteiger partial charge in [-0.25, -0.2) is 0 Å². The third-order valence-corrected chi connectivity index (χ3v) is 4.46. The van der Waals surface area contributed by atoms with Crippen LogP contribution >= 0.6 is 0 Å². The molecule has 1 aromatic rings. The monoisotopic (exact) mass is 285 g/mol. The van der Waals surface area contributed by atoms with Crippen molar-refractivity contribution in [1.82, 2.24) is 0 Å². The fourth-order valence-electron chi connectivity index (χ4n) is 3.78. The van der Waals surface area contributed by atoms with Gasteiger partial charge in [0.05, 0.1) is 5.69 Å². The number of nitrogens with zero attached hydrogens (tertiary/aromatic N) is 1. The van der Waals surface area contributed by atoms with Crippen LogP contribution in [0.4, 0.5) is 5.69 Å². The quantitative estimate of drug-likeness (QED) is 0.492. The van der Waals surface area contributed by atoms with E-state index in [1.807, 2.05) is 0 Å². The Labute approximate surface area is 131 Å². The number of hydrogen-bond donors (Lipinski definition) is 0. The van der Waals surface area contributed by atoms with Crippen molar-refractivity contribution in [2.45, 2.75) is 79.2 Å². The minimum Gasteiger partial charge on any atom is -0.359 e. The Hall–Kier alpha value is -1.11. The lowest BCUT2D eigenvalue weighted by Gasteiger charge is -2.31. The van der Waals surface area contributed by atoms with Gasteiger partial charge in [0.1, 0.15) is 5.54 Å². The van der Waals surface area contributed by atoms with Gasteiger partial charge < -0.3 is 4.58 Å². The molecule has 1 aliphatic heterocycles. The van der Waals surface area contributed by atoms with E-state index in [0.717, 1.165) is 6.42 Å². The predicted octanol–water partition coefficient (Wildman–Crippen LogP) is 5.73. The standard InChI is InChI=1S/C20H31N/c1-14(2)16-10-9-11-17(15(3)4)18(16)21-13-19(5,6)12-20(21,7)8/h9-11,14-15H,12H2,1-8H3. The van der Waals surface area contributed by atoms with Crippen LogP contribution in [0.5, 0.6) is 0 Å². The number of hydrogen-bond acceptors (Lipinski definition) is 0. The van der Waals surface area contributed by atoms with E-state index in [0.29, 0.717) is 11.8 Å². The van der Waals surface area contributed by atoms with Crippen molar-refractivity contribution >= 4 is 11.9 Å². The maximum Gasteiger partial charge on any atom is 0.129 e. The summed E-state index contributed by atoms with van der Waals surface area (Å²) in [6.07, 6.45) is 4.90. The van der Waals surface area contributed by atoms with Gasteiger partial charge in [-0.1, -0.05) is 70.9 Å². The van der Waals surface area contributed by atoms with Crippen molar-refractivity contribution in [3.05, 3.63) is 29.3 Å². The molecule has 1 aliphatic rings. The molecule has 0 N–H and O–H groups in total. The summed E-state index contributed by atoms with van der Waals surface area (Å²) in [5.74, 6) is 1.06. The van der Waals surface area contributed by atoms with Crippen molar-refractivity contribution in [3.8, 4) is 0 Å². The molecule has 0 spiro atoms. The van der Waals surface area contributed by atoms with Crippen LogP contribution in [0, 0.1) is 5.41 Å². The molecule has 0 fully saturated rings. The Morgan fingerprint density at radius 3 is 1.76 bits per heavy atom. The molecule has 1 heteroatoms. The zero-order chi connectivity index (χ0) is 16.0. The molecule has 2 rings (SSSR count). The molecule has 0 aromatic heterocycles. The van der Waals surface area contributed by atoms with Crippen LogP contribution in [0.25, 0.3) is 0 Å². The van der Waals surface area contributed by atoms with Crippen LogP contribution in [-0.2, 0) is 0 Å². The number of rotatable bonds is 3. The smallest absolute Gasteiger partial charge is 0.129 e. The molecule has 0 atom stereocenters. The van der Waals surface area contributed by atoms with E-state index in [9.17, 15) is 0 Å². The summed E-state index contributed by atoms with van der Waals surface area (Å²) in [7, 11) is 0. The second-order valence-corrected chi connectivity index (χ2v) is 8.41. The van der Waals surface area contributed by atoms with E-state index in [1.165, 1.54) is 16.8 Å². The highest BCUT2D eigenvalue weighted by molar-refractivity contribution is 5.66. The van der Waals surface area contributed by atoms with E-state index in [2.05, 4.69) is 84.4 Å². The highest BCUT2D eigenvalue weighted by Crippen LogP contribution is 2.43. The summed E-state index contributed by atoms with van der Waals surface area (Å²) < 4.78 is 2.44. The molecule has 21 heavy (non-hydrogen) atoms. The maximum atomic E-state index is 3.76. The Morgan fingerprint density at radius 1 is 0.952 bits per heavy atom. The van der Waals surface area contributed by atoms with Crippen LogP contribution in [0.15, 0.2) is 18.2 Å². The first-order valence-corrected chi connectivity index (χ1v) is 8.26. The van der Waals surface area contributed by atoms with Crippen LogP contribution < -0.4 is 0 Å². The average Bonchev–Trinajstić information content (AvgIpc) is 2.55. The van der Waals surface area contributed by atoms with Gasteiger partial charge in [0.25, 0.3) is 0 Å². The molecule has 0 unspecified atom stereocenters. The fraction of sp³-hybridized carbons (Fsp3) is 0.650. The second kappa shape index (κ2) is 5.26. The molecular weight excluding hydrogens is 254 g/mol. The van der Waals surface area contributed by atoms with Gasteiger partial charge in [-0.05, 0) is 31.1 Å². The summed E-state index contributed by atoms with van der Waals surface area (Å²) in [6, 6.07) is 6.78. The van der Waals surface area contributed by atoms with Crippen LogP contribution in [0.1, 0.15) is 84.8 Å². The number of benzene rings is 1. The summed E-state index contributed by atoms with van der Waals surface area (Å²) in [5.41, 5.74) is 4.55. The maximum absolute atomic E-state index is 3.76. The van der Waals surface area contributed by atoms with Gasteiger partial charge in [-0.3, -0.25) is 0 Å². The van der Waals surface area contributed by atoms with Crippen molar-refractivity contribution in [2.24, 2.45) is 5.41 Å². The Kier molecular flexibility index (Phi) is 4.08. The Balaban J connectivity index is 2.73. The van der Waals surface area contributed by atoms with Crippen LogP contribution in [0.2, 0.25) is 0 Å². The third-order valence-electron chi connectivity index (χ3n) is 4.46. The SMILES string of the molecule is CC(C)c1cccc(C(C)C)c1[N+]1=[C-]C(C)(C)CC1(C)C. The lowest BCUT2D eigenvalue weighted by atomic mass is 9.84. The van der Waals surface area contributed by atoms with E-state index >= 15 is 0 Å². The summed E-state index contributed by atoms with van der Waals surface area (Å²) in [4.78, 5) is 0. The van der Waals surface area contributed by atoms with Crippen LogP contribution in [-0.4, -0.2) is 16.3 Å². The van der Waals surface area contributed by atoms with Gasteiger partial charge >= 0.3 is 0 Å². The molecule has 0 amide bonds. The molecule has 1 aromatic carbocycles. The largest absolute Gasteiger partial charge is 0.359 e. The van der Waals surface area contributed by atoms with Gasteiger partial charge in [0.2, 0.25) is 0 Å². The number of para-hydroxylation sites is 1. The molecule has 0 bridgehead atoms. The highest BCUT2D eigenvalue weighted by atomic mass is 15.1. The normalized spacial score (nSPS) is 20.2. The van der Waals surface area contributed by atoms with Gasteiger partial charge in [-0.15, -0.1) is 0 Å². The molecule has 0 aliphatic carbocycles. The molecule has 0 saturated carbocycles. The Morgan fingerprint density at radius 2 is 1.43 bits per heavy atom. The van der Waals surface area contributed by atoms with Crippen molar-refractivity contribution < 1.29 is 4.58 Å². The van der Waals surface area contributed by atoms with Crippen molar-refractivity contribution in [3.63, 3.8) is 0 Å². The van der Waals surface area contributed by atoms with E-state index in [-0.39, 0.29) is 11.0 Å². The van der Waals surface area contributed by atoms with Gasteiger partial charge in [0, 0.05) is 12.6 Å². The third kappa shape index (κ3) is 3.07. The molecule has 1 heterocycles. The molecular formula is C20H31N. The molecule has 116 valence electrons. The molecule has 1 nitrogen and oxygen atoms in total. The average molecular weight is 285 g/mol. The zero-order valence-corrected chi connectivity index (χ0v) is 15.0. The summed E-state index contributed by atoms with van der Waals surface area (Å²) in [5, 5.41) is 0. The highest BCUT2D eigenvalue weighted by Gasteiger charge is 2.40. The minimum absolute atomic E-state index is 0.123. The van der Waals surface area contributed by atoms with E-state index in [4.69, 9.17) is 0 Å². The lowest BCUT2D eigenvalue weighted by molar-refractivity contribution is -0.513. The van der Waals surface area contributed by atoms with Crippen LogP contribution in [0.3, 0.4) is 0 Å². The first kappa shape index (κ1) is 16.3. The lowest BCUT2D eigenvalue weighted by Crippen LogP contribution is -2.30. The second-order valence-electron chi connectivity index (χ2n) is 8.41. The first-order valence-electron chi connectivity index (χ1n) is 8.26. The molecule has 0 saturated heterocycles. The van der Waals surface area contributed by atoms with Crippen molar-refractivity contribution in [2.75, 3.05) is 0 Å². The van der Waals surface area contributed by atoms with Crippen molar-refractivity contribution in [1.29, 1.82) is 0 Å². The minimum atomic E-state index is 0.123. The van der Waals surface area contributed by atoms with E-state index in [1.54, 1.807) is 0 Å². The summed E-state index contributed by atoms with van der Waals surface area (Å²) in [6.45, 7) is 18.4. The fourth-order valence-corrected chi connectivity index (χ4v) is 3.78. The topological polar surface area (TPSA) is 3.01 Å². The van der Waals surface area contributed by atoms with E-state index < -0.39 is 0 Å². The zero-order valence-electron chi connectivity index (χ0n) is 15.0.